The van der Waals surface area contributed by atoms with Gasteiger partial charge in [0.15, 0.2) is 0 Å². The summed E-state index contributed by atoms with van der Waals surface area (Å²) in [6.45, 7) is 9.65. The van der Waals surface area contributed by atoms with Crippen molar-refractivity contribution in [3.8, 4) is 16.9 Å². The van der Waals surface area contributed by atoms with Crippen LogP contribution in [0, 0.1) is 0 Å². The topological polar surface area (TPSA) is 64.6 Å². The Morgan fingerprint density at radius 3 is 2.15 bits per heavy atom. The number of nitrogens with zero attached hydrogens (tertiary/aromatic N) is 1. The zero-order valence-electron chi connectivity index (χ0n) is 23.2. The van der Waals surface area contributed by atoms with Crippen LogP contribution in [0.2, 0.25) is 0 Å². The van der Waals surface area contributed by atoms with E-state index >= 15 is 0 Å². The minimum absolute atomic E-state index is 0.0721. The number of benzene rings is 3. The van der Waals surface area contributed by atoms with Crippen molar-refractivity contribution < 1.29 is 27.8 Å². The summed E-state index contributed by atoms with van der Waals surface area (Å²) in [5.41, 5.74) is 1.98. The minimum Gasteiger partial charge on any atom is -0.530 e. The Morgan fingerprint density at radius 1 is 0.949 bits per heavy atom. The molecule has 0 bridgehead atoms. The maximum absolute atomic E-state index is 13.7. The molecule has 0 aliphatic rings. The fraction of sp³-hybridized carbons (Fsp3) is 0.387. The summed E-state index contributed by atoms with van der Waals surface area (Å²) in [5, 5.41) is 15.4. The van der Waals surface area contributed by atoms with E-state index < -0.39 is 29.4 Å². The lowest BCUT2D eigenvalue weighted by Gasteiger charge is -2.44. The molecule has 1 amide bonds. The van der Waals surface area contributed by atoms with Crippen LogP contribution in [0.1, 0.15) is 68.8 Å². The summed E-state index contributed by atoms with van der Waals surface area (Å²) < 4.78 is 46.6. The number of methoxy groups -OCH3 is 1. The van der Waals surface area contributed by atoms with E-state index in [0.717, 1.165) is 23.3 Å². The number of carbonyl (C=O) groups excluding carboxylic acids is 1. The predicted molar refractivity (Wildman–Crippen MR) is 145 cm³/mol. The van der Waals surface area contributed by atoms with Gasteiger partial charge in [-0.3, -0.25) is 0 Å². The maximum atomic E-state index is 13.7. The van der Waals surface area contributed by atoms with Gasteiger partial charge < -0.3 is 24.9 Å². The number of hydrogen-bond acceptors (Lipinski definition) is 4. The third-order valence-electron chi connectivity index (χ3n) is 6.68. The molecular formula is C31H36F3N2O3-. The number of nitrogens with one attached hydrogen (secondary N) is 1. The monoisotopic (exact) mass is 541 g/mol. The Morgan fingerprint density at radius 2 is 1.62 bits per heavy atom. The molecular weight excluding hydrogens is 505 g/mol. The quantitative estimate of drug-likeness (QED) is 0.324. The average molecular weight is 542 g/mol. The predicted octanol–water partition coefficient (Wildman–Crippen LogP) is 6.78. The van der Waals surface area contributed by atoms with Crippen molar-refractivity contribution in [2.45, 2.75) is 64.8 Å². The van der Waals surface area contributed by atoms with Gasteiger partial charge in [0.25, 0.3) is 0 Å². The molecule has 0 fully saturated rings. The second-order valence-electron chi connectivity index (χ2n) is 10.8. The van der Waals surface area contributed by atoms with Gasteiger partial charge in [0.2, 0.25) is 0 Å². The molecule has 3 aromatic carbocycles. The van der Waals surface area contributed by atoms with Crippen LogP contribution >= 0.6 is 0 Å². The molecule has 1 N–H and O–H groups in total. The third-order valence-corrected chi connectivity index (χ3v) is 6.68. The smallest absolute Gasteiger partial charge is 0.416 e. The summed E-state index contributed by atoms with van der Waals surface area (Å²) >= 11 is 0. The summed E-state index contributed by atoms with van der Waals surface area (Å²) in [5.74, 6) is 0.767. The lowest BCUT2D eigenvalue weighted by Crippen LogP contribution is -2.55. The first-order valence-corrected chi connectivity index (χ1v) is 12.9. The van der Waals surface area contributed by atoms with Gasteiger partial charge in [0.1, 0.15) is 11.8 Å². The molecule has 0 saturated heterocycles. The second-order valence-corrected chi connectivity index (χ2v) is 10.8. The Kier molecular flexibility index (Phi) is 9.33. The lowest BCUT2D eigenvalue weighted by molar-refractivity contribution is -0.273. The third kappa shape index (κ3) is 7.32. The number of amides is 1. The van der Waals surface area contributed by atoms with Crippen molar-refractivity contribution in [2.75, 3.05) is 13.7 Å². The van der Waals surface area contributed by atoms with E-state index in [-0.39, 0.29) is 19.0 Å². The van der Waals surface area contributed by atoms with Crippen molar-refractivity contribution in [1.82, 2.24) is 10.2 Å². The first-order valence-electron chi connectivity index (χ1n) is 12.9. The molecule has 39 heavy (non-hydrogen) atoms. The largest absolute Gasteiger partial charge is 0.530 e. The molecule has 8 heteroatoms. The van der Waals surface area contributed by atoms with Crippen molar-refractivity contribution in [2.24, 2.45) is 0 Å². The summed E-state index contributed by atoms with van der Waals surface area (Å²) in [6, 6.07) is 17.9. The zero-order chi connectivity index (χ0) is 29.0. The van der Waals surface area contributed by atoms with Crippen LogP contribution in [0.25, 0.3) is 11.1 Å². The van der Waals surface area contributed by atoms with Gasteiger partial charge in [-0.1, -0.05) is 56.3 Å². The fourth-order valence-corrected chi connectivity index (χ4v) is 4.72. The SMILES string of the molecule is COc1ccc(C(C)C)cc1-c1ccc(C(F)(F)F)cc1CNC[C@@H](c1ccccc1)N(C(=O)[O-])C(C)(C)C. The van der Waals surface area contributed by atoms with Crippen LogP contribution in [0.4, 0.5) is 18.0 Å². The first-order chi connectivity index (χ1) is 18.2. The highest BCUT2D eigenvalue weighted by Crippen LogP contribution is 2.38. The Labute approximate surface area is 228 Å². The van der Waals surface area contributed by atoms with Gasteiger partial charge in [-0.05, 0) is 73.2 Å². The van der Waals surface area contributed by atoms with Gasteiger partial charge in [-0.25, -0.2) is 0 Å². The number of halogens is 3. The molecule has 0 saturated carbocycles. The van der Waals surface area contributed by atoms with Gasteiger partial charge in [0.05, 0.1) is 18.7 Å². The van der Waals surface area contributed by atoms with Gasteiger partial charge in [-0.2, -0.15) is 13.2 Å². The van der Waals surface area contributed by atoms with Crippen LogP contribution in [-0.2, 0) is 12.7 Å². The standard InChI is InChI=1S/C31H37F3N2O3/c1-20(2)22-12-15-28(39-6)26(17-22)25-14-13-24(31(32,33)34)16-23(25)18-35-19-27(21-10-8-7-9-11-21)36(29(37)38)30(3,4)5/h7-17,20,27,35H,18-19H2,1-6H3,(H,37,38)/p-1/t27-/m0/s1. The van der Waals surface area contributed by atoms with Crippen molar-refractivity contribution in [1.29, 1.82) is 0 Å². The molecule has 0 aromatic heterocycles. The molecule has 1 atom stereocenters. The molecule has 0 aliphatic carbocycles. The van der Waals surface area contributed by atoms with Crippen molar-refractivity contribution in [3.63, 3.8) is 0 Å². The van der Waals surface area contributed by atoms with Crippen LogP contribution in [0.5, 0.6) is 5.75 Å². The normalized spacial score (nSPS) is 12.9. The number of alkyl halides is 3. The molecule has 3 rings (SSSR count). The van der Waals surface area contributed by atoms with E-state index in [0.29, 0.717) is 22.4 Å². The molecule has 0 heterocycles. The molecule has 3 aromatic rings. The van der Waals surface area contributed by atoms with Crippen LogP contribution in [-0.4, -0.2) is 30.2 Å². The highest BCUT2D eigenvalue weighted by atomic mass is 19.4. The van der Waals surface area contributed by atoms with Gasteiger partial charge in [0, 0.05) is 24.2 Å². The van der Waals surface area contributed by atoms with E-state index in [2.05, 4.69) is 5.32 Å². The van der Waals surface area contributed by atoms with Crippen LogP contribution in [0.15, 0.2) is 66.7 Å². The van der Waals surface area contributed by atoms with Crippen LogP contribution < -0.4 is 15.2 Å². The molecule has 0 spiro atoms. The number of rotatable bonds is 9. The van der Waals surface area contributed by atoms with E-state index in [1.807, 2.05) is 62.4 Å². The Balaban J connectivity index is 2.03. The molecule has 0 radical (unpaired) electrons. The van der Waals surface area contributed by atoms with Crippen LogP contribution in [0.3, 0.4) is 0 Å². The highest BCUT2D eigenvalue weighted by Gasteiger charge is 2.32. The number of ether oxygens (including phenoxy) is 1. The number of carbonyl (C=O) groups is 1. The van der Waals surface area contributed by atoms with E-state index in [1.54, 1.807) is 20.8 Å². The molecule has 0 unspecified atom stereocenters. The second kappa shape index (κ2) is 12.1. The van der Waals surface area contributed by atoms with Crippen molar-refractivity contribution >= 4 is 6.09 Å². The zero-order valence-corrected chi connectivity index (χ0v) is 23.2. The molecule has 0 aliphatic heterocycles. The fourth-order valence-electron chi connectivity index (χ4n) is 4.72. The minimum atomic E-state index is -4.51. The lowest BCUT2D eigenvalue weighted by atomic mass is 9.92. The highest BCUT2D eigenvalue weighted by molar-refractivity contribution is 5.75. The Bertz CT molecular complexity index is 1270. The number of hydrogen-bond donors (Lipinski definition) is 1. The molecule has 5 nitrogen and oxygen atoms in total. The number of carboxylic acid groups (broad SMARTS) is 1. The summed E-state index contributed by atoms with van der Waals surface area (Å²) in [6.07, 6.45) is -5.84. The van der Waals surface area contributed by atoms with Gasteiger partial charge in [-0.15, -0.1) is 0 Å². The van der Waals surface area contributed by atoms with Crippen molar-refractivity contribution in [3.05, 3.63) is 89.0 Å². The van der Waals surface area contributed by atoms with Gasteiger partial charge >= 0.3 is 6.18 Å². The van der Waals surface area contributed by atoms with E-state index in [1.165, 1.54) is 18.1 Å². The van der Waals surface area contributed by atoms with E-state index in [4.69, 9.17) is 4.74 Å². The Hall–Kier alpha value is -3.52. The first kappa shape index (κ1) is 30.0. The molecule has 210 valence electrons. The maximum Gasteiger partial charge on any atom is 0.416 e. The average Bonchev–Trinajstić information content (AvgIpc) is 2.86. The van der Waals surface area contributed by atoms with E-state index in [9.17, 15) is 23.1 Å². The summed E-state index contributed by atoms with van der Waals surface area (Å²) in [7, 11) is 1.53. The summed E-state index contributed by atoms with van der Waals surface area (Å²) in [4.78, 5) is 13.5.